The molecule has 0 aromatic heterocycles. The Hall–Kier alpha value is -2.63. The minimum atomic E-state index is -2.57. The van der Waals surface area contributed by atoms with E-state index < -0.39 is 8.32 Å². The number of benzene rings is 2. The zero-order valence-electron chi connectivity index (χ0n) is 23.7. The molecule has 0 bridgehead atoms. The third-order valence-electron chi connectivity index (χ3n) is 6.30. The Balaban J connectivity index is 0.000000580. The van der Waals surface area contributed by atoms with Crippen LogP contribution in [-0.2, 0) is 9.22 Å². The highest BCUT2D eigenvalue weighted by molar-refractivity contribution is 6.99. The van der Waals surface area contributed by atoms with E-state index in [0.29, 0.717) is 18.6 Å². The molecule has 0 amide bonds. The molecule has 3 nitrogen and oxygen atoms in total. The Morgan fingerprint density at radius 3 is 1.84 bits per heavy atom. The highest BCUT2D eigenvalue weighted by atomic mass is 28.4. The fourth-order valence-corrected chi connectivity index (χ4v) is 9.29. The maximum Gasteiger partial charge on any atom is 0.261 e. The summed E-state index contributed by atoms with van der Waals surface area (Å²) >= 11 is 0. The number of aliphatic hydroxyl groups excluding tert-OH is 1. The Kier molecular flexibility index (Phi) is 15.5. The zero-order chi connectivity index (χ0) is 27.6. The van der Waals surface area contributed by atoms with Gasteiger partial charge >= 0.3 is 0 Å². The SMILES string of the molecule is CCCC(C)CC#CCO.CCCC(CC#CC=O)O[Si](c1ccccc1)(c1ccccc1)C(C)(C)C. The van der Waals surface area contributed by atoms with Gasteiger partial charge in [-0.05, 0) is 33.7 Å². The molecule has 2 atom stereocenters. The van der Waals surface area contributed by atoms with Crippen molar-refractivity contribution in [2.75, 3.05) is 6.61 Å². The van der Waals surface area contributed by atoms with Crippen molar-refractivity contribution in [3.05, 3.63) is 60.7 Å². The number of rotatable bonds is 10. The quantitative estimate of drug-likeness (QED) is 0.234. The Morgan fingerprint density at radius 1 is 0.865 bits per heavy atom. The molecule has 0 saturated heterocycles. The monoisotopic (exact) mass is 518 g/mol. The number of aldehydes is 1. The first-order valence-electron chi connectivity index (χ1n) is 13.5. The van der Waals surface area contributed by atoms with Crippen molar-refractivity contribution in [1.82, 2.24) is 0 Å². The second kappa shape index (κ2) is 17.8. The summed E-state index contributed by atoms with van der Waals surface area (Å²) in [5.41, 5.74) is 0. The van der Waals surface area contributed by atoms with E-state index in [1.54, 1.807) is 0 Å². The Bertz CT molecular complexity index is 965. The van der Waals surface area contributed by atoms with E-state index in [2.05, 4.69) is 126 Å². The van der Waals surface area contributed by atoms with Crippen LogP contribution < -0.4 is 10.4 Å². The van der Waals surface area contributed by atoms with Crippen LogP contribution in [0, 0.1) is 29.6 Å². The number of aliphatic hydroxyl groups is 1. The topological polar surface area (TPSA) is 46.5 Å². The molecular formula is C33H46O3Si. The lowest BCUT2D eigenvalue weighted by Crippen LogP contribution is -2.67. The minimum Gasteiger partial charge on any atom is -0.404 e. The van der Waals surface area contributed by atoms with Crippen LogP contribution in [0.3, 0.4) is 0 Å². The van der Waals surface area contributed by atoms with Gasteiger partial charge < -0.3 is 9.53 Å². The maximum atomic E-state index is 10.6. The lowest BCUT2D eigenvalue weighted by molar-refractivity contribution is -0.103. The summed E-state index contributed by atoms with van der Waals surface area (Å²) in [5.74, 6) is 11.8. The molecule has 0 fully saturated rings. The van der Waals surface area contributed by atoms with Gasteiger partial charge in [0.1, 0.15) is 6.61 Å². The van der Waals surface area contributed by atoms with Gasteiger partial charge in [-0.2, -0.15) is 0 Å². The third-order valence-corrected chi connectivity index (χ3v) is 11.4. The van der Waals surface area contributed by atoms with Crippen LogP contribution in [0.5, 0.6) is 0 Å². The van der Waals surface area contributed by atoms with E-state index in [-0.39, 0.29) is 17.7 Å². The summed E-state index contributed by atoms with van der Waals surface area (Å²) in [6.07, 6.45) is 6.58. The summed E-state index contributed by atoms with van der Waals surface area (Å²) in [7, 11) is -2.57. The zero-order valence-corrected chi connectivity index (χ0v) is 24.7. The summed E-state index contributed by atoms with van der Waals surface area (Å²) in [5, 5.41) is 10.8. The molecule has 2 unspecified atom stereocenters. The summed E-state index contributed by atoms with van der Waals surface area (Å²) in [6.45, 7) is 13.4. The van der Waals surface area contributed by atoms with Crippen molar-refractivity contribution in [3.63, 3.8) is 0 Å². The van der Waals surface area contributed by atoms with Gasteiger partial charge in [-0.15, -0.1) is 5.92 Å². The number of hydrogen-bond donors (Lipinski definition) is 1. The van der Waals surface area contributed by atoms with E-state index in [4.69, 9.17) is 9.53 Å². The Morgan fingerprint density at radius 2 is 1.41 bits per heavy atom. The van der Waals surface area contributed by atoms with Crippen molar-refractivity contribution < 1.29 is 14.3 Å². The predicted molar refractivity (Wildman–Crippen MR) is 159 cm³/mol. The van der Waals surface area contributed by atoms with Crippen molar-refractivity contribution in [3.8, 4) is 23.7 Å². The molecule has 1 N–H and O–H groups in total. The molecule has 200 valence electrons. The first kappa shape index (κ1) is 32.4. The molecule has 0 aliphatic rings. The average Bonchev–Trinajstić information content (AvgIpc) is 2.88. The van der Waals surface area contributed by atoms with Crippen molar-refractivity contribution in [2.45, 2.75) is 91.2 Å². The highest BCUT2D eigenvalue weighted by Crippen LogP contribution is 2.38. The molecule has 4 heteroatoms. The van der Waals surface area contributed by atoms with E-state index in [9.17, 15) is 4.79 Å². The van der Waals surface area contributed by atoms with Crippen LogP contribution >= 0.6 is 0 Å². The molecule has 2 rings (SSSR count). The lowest BCUT2D eigenvalue weighted by Gasteiger charge is -2.45. The van der Waals surface area contributed by atoms with Crippen molar-refractivity contribution >= 4 is 25.0 Å². The van der Waals surface area contributed by atoms with Gasteiger partial charge in [0.25, 0.3) is 8.32 Å². The van der Waals surface area contributed by atoms with Gasteiger partial charge in [-0.25, -0.2) is 0 Å². The van der Waals surface area contributed by atoms with E-state index in [0.717, 1.165) is 19.3 Å². The molecule has 0 spiro atoms. The Labute approximate surface area is 227 Å². The molecule has 0 saturated carbocycles. The van der Waals surface area contributed by atoms with Gasteiger partial charge in [-0.3, -0.25) is 4.79 Å². The number of carbonyl (C=O) groups excluding carboxylic acids is 1. The summed E-state index contributed by atoms with van der Waals surface area (Å²) in [6, 6.07) is 21.3. The number of hydrogen-bond acceptors (Lipinski definition) is 3. The minimum absolute atomic E-state index is 0.00115. The van der Waals surface area contributed by atoms with Crippen LogP contribution in [0.15, 0.2) is 60.7 Å². The number of carbonyl (C=O) groups is 1. The second-order valence-corrected chi connectivity index (χ2v) is 14.7. The molecule has 0 heterocycles. The average molecular weight is 519 g/mol. The van der Waals surface area contributed by atoms with E-state index in [1.165, 1.54) is 23.2 Å². The van der Waals surface area contributed by atoms with Gasteiger partial charge in [0.2, 0.25) is 0 Å². The fourth-order valence-electron chi connectivity index (χ4n) is 4.58. The first-order chi connectivity index (χ1) is 17.8. The predicted octanol–water partition coefficient (Wildman–Crippen LogP) is 6.13. The van der Waals surface area contributed by atoms with E-state index >= 15 is 0 Å². The van der Waals surface area contributed by atoms with Gasteiger partial charge in [0, 0.05) is 12.8 Å². The van der Waals surface area contributed by atoms with Gasteiger partial charge in [0.05, 0.1) is 6.10 Å². The smallest absolute Gasteiger partial charge is 0.261 e. The lowest BCUT2D eigenvalue weighted by atomic mass is 10.0. The van der Waals surface area contributed by atoms with Crippen molar-refractivity contribution in [2.24, 2.45) is 5.92 Å². The largest absolute Gasteiger partial charge is 0.404 e. The van der Waals surface area contributed by atoms with Crippen LogP contribution in [-0.4, -0.2) is 32.4 Å². The molecule has 2 aromatic rings. The van der Waals surface area contributed by atoms with Crippen LogP contribution in [0.1, 0.15) is 80.1 Å². The van der Waals surface area contributed by atoms with Crippen LogP contribution in [0.4, 0.5) is 0 Å². The molecule has 0 aliphatic carbocycles. The fraction of sp³-hybridized carbons (Fsp3) is 0.485. The standard InChI is InChI=1S/C24H30O2Si.C9H16O/c1-5-14-21(15-12-13-20-25)26-27(24(2,3)4,22-16-8-6-9-17-22)23-18-10-7-11-19-23;1-3-6-9(2)7-4-5-8-10/h6-11,16-21H,5,14-15H2,1-4H3;9-10H,3,6-8H2,1-2H3. The van der Waals surface area contributed by atoms with Crippen LogP contribution in [0.2, 0.25) is 5.04 Å². The second-order valence-electron chi connectivity index (χ2n) is 10.4. The normalized spacial score (nSPS) is 12.5. The summed E-state index contributed by atoms with van der Waals surface area (Å²) < 4.78 is 7.08. The maximum absolute atomic E-state index is 10.6. The molecule has 0 radical (unpaired) electrons. The molecule has 0 aliphatic heterocycles. The van der Waals surface area contributed by atoms with Gasteiger partial charge in [-0.1, -0.05) is 133 Å². The van der Waals surface area contributed by atoms with Gasteiger partial charge in [0.15, 0.2) is 6.29 Å². The first-order valence-corrected chi connectivity index (χ1v) is 15.4. The third kappa shape index (κ3) is 10.7. The van der Waals surface area contributed by atoms with Crippen molar-refractivity contribution in [1.29, 1.82) is 0 Å². The molecule has 37 heavy (non-hydrogen) atoms. The molecular weight excluding hydrogens is 472 g/mol. The van der Waals surface area contributed by atoms with E-state index in [1.807, 2.05) is 0 Å². The highest BCUT2D eigenvalue weighted by Gasteiger charge is 2.51. The van der Waals surface area contributed by atoms with Crippen LogP contribution in [0.25, 0.3) is 0 Å². The summed E-state index contributed by atoms with van der Waals surface area (Å²) in [4.78, 5) is 10.6. The molecule has 2 aromatic carbocycles.